The number of hydrogen-bond donors (Lipinski definition) is 3. The van der Waals surface area contributed by atoms with E-state index in [4.69, 9.17) is 5.11 Å². The van der Waals surface area contributed by atoms with Crippen LogP contribution in [0.3, 0.4) is 0 Å². The van der Waals surface area contributed by atoms with E-state index in [0.717, 1.165) is 0 Å². The molecule has 2 rings (SSSR count). The molecule has 1 aromatic heterocycles. The molecule has 2 amide bonds. The Labute approximate surface area is 156 Å². The number of carbonyl (C=O) groups is 3. The van der Waals surface area contributed by atoms with Crippen molar-refractivity contribution < 1.29 is 19.5 Å². The highest BCUT2D eigenvalue weighted by atomic mass is 16.4. The molecular formula is C19H23N3O5. The fourth-order valence-corrected chi connectivity index (χ4v) is 2.79. The summed E-state index contributed by atoms with van der Waals surface area (Å²) >= 11 is 0. The van der Waals surface area contributed by atoms with Crippen LogP contribution >= 0.6 is 0 Å². The maximum absolute atomic E-state index is 12.5. The summed E-state index contributed by atoms with van der Waals surface area (Å²) in [5.74, 6) is -2.21. The number of amides is 2. The third-order valence-corrected chi connectivity index (χ3v) is 4.15. The second kappa shape index (κ2) is 8.48. The number of nitrogens with one attached hydrogen (secondary N) is 2. The van der Waals surface area contributed by atoms with Crippen molar-refractivity contribution in [2.24, 2.45) is 13.0 Å². The average molecular weight is 373 g/mol. The van der Waals surface area contributed by atoms with Crippen LogP contribution in [0.4, 0.5) is 0 Å². The van der Waals surface area contributed by atoms with Gasteiger partial charge in [0.05, 0.1) is 17.6 Å². The smallest absolute Gasteiger partial charge is 0.326 e. The lowest BCUT2D eigenvalue weighted by atomic mass is 10.0. The molecule has 0 aliphatic carbocycles. The lowest BCUT2D eigenvalue weighted by Gasteiger charge is -2.16. The molecule has 144 valence electrons. The minimum atomic E-state index is -1.12. The maximum atomic E-state index is 12.5. The second-order valence-electron chi connectivity index (χ2n) is 6.74. The van der Waals surface area contributed by atoms with E-state index in [1.807, 2.05) is 13.8 Å². The van der Waals surface area contributed by atoms with Gasteiger partial charge in [-0.25, -0.2) is 4.79 Å². The number of fused-ring (bicyclic) bond motifs is 1. The average Bonchev–Trinajstić information content (AvgIpc) is 2.61. The van der Waals surface area contributed by atoms with E-state index >= 15 is 0 Å². The molecule has 0 unspecified atom stereocenters. The predicted molar refractivity (Wildman–Crippen MR) is 101 cm³/mol. The van der Waals surface area contributed by atoms with E-state index in [2.05, 4.69) is 10.6 Å². The summed E-state index contributed by atoms with van der Waals surface area (Å²) in [6.45, 7) is 3.32. The number of aryl methyl sites for hydroxylation is 1. The molecule has 8 heteroatoms. The second-order valence-corrected chi connectivity index (χ2v) is 6.74. The molecule has 1 atom stereocenters. The SMILES string of the molecule is CC(C)C[C@H](NC(=O)CNC(=O)c1cc(=O)n(C)c2ccccc12)C(=O)O. The highest BCUT2D eigenvalue weighted by Crippen LogP contribution is 2.16. The van der Waals surface area contributed by atoms with Crippen LogP contribution < -0.4 is 16.2 Å². The zero-order valence-electron chi connectivity index (χ0n) is 15.5. The number of nitrogens with zero attached hydrogens (tertiary/aromatic N) is 1. The lowest BCUT2D eigenvalue weighted by molar-refractivity contribution is -0.142. The molecule has 1 heterocycles. The van der Waals surface area contributed by atoms with Gasteiger partial charge in [-0.3, -0.25) is 14.4 Å². The van der Waals surface area contributed by atoms with E-state index in [-0.39, 0.29) is 30.0 Å². The van der Waals surface area contributed by atoms with Crippen LogP contribution in [-0.4, -0.2) is 40.0 Å². The standard InChI is InChI=1S/C19H23N3O5/c1-11(2)8-14(19(26)27)21-16(23)10-20-18(25)13-9-17(24)22(3)15-7-5-4-6-12(13)15/h4-7,9,11,14H,8,10H2,1-3H3,(H,20,25)(H,21,23)(H,26,27)/t14-/m0/s1. The molecule has 0 spiro atoms. The quantitative estimate of drug-likeness (QED) is 0.666. The molecule has 0 bridgehead atoms. The first kappa shape index (κ1) is 20.2. The Morgan fingerprint density at radius 1 is 1.19 bits per heavy atom. The summed E-state index contributed by atoms with van der Waals surface area (Å²) in [6.07, 6.45) is 0.286. The Hall–Kier alpha value is -3.16. The summed E-state index contributed by atoms with van der Waals surface area (Å²) in [5, 5.41) is 14.6. The highest BCUT2D eigenvalue weighted by Gasteiger charge is 2.21. The number of hydrogen-bond acceptors (Lipinski definition) is 4. The summed E-state index contributed by atoms with van der Waals surface area (Å²) in [4.78, 5) is 47.7. The van der Waals surface area contributed by atoms with E-state index in [9.17, 15) is 19.2 Å². The van der Waals surface area contributed by atoms with Crippen molar-refractivity contribution in [2.45, 2.75) is 26.3 Å². The molecule has 0 aliphatic heterocycles. The fraction of sp³-hybridized carbons (Fsp3) is 0.368. The molecule has 3 N–H and O–H groups in total. The Bertz CT molecular complexity index is 933. The third-order valence-electron chi connectivity index (χ3n) is 4.15. The van der Waals surface area contributed by atoms with E-state index in [1.54, 1.807) is 31.3 Å². The summed E-state index contributed by atoms with van der Waals surface area (Å²) < 4.78 is 1.43. The summed E-state index contributed by atoms with van der Waals surface area (Å²) in [5.41, 5.74) is 0.423. The fourth-order valence-electron chi connectivity index (χ4n) is 2.79. The van der Waals surface area contributed by atoms with Crippen LogP contribution in [-0.2, 0) is 16.6 Å². The van der Waals surface area contributed by atoms with Crippen molar-refractivity contribution in [3.05, 3.63) is 46.2 Å². The van der Waals surface area contributed by atoms with Gasteiger partial charge in [-0.05, 0) is 18.4 Å². The summed E-state index contributed by atoms with van der Waals surface area (Å²) in [6, 6.07) is 7.15. The first-order valence-corrected chi connectivity index (χ1v) is 8.59. The molecule has 1 aromatic carbocycles. The van der Waals surface area contributed by atoms with Crippen LogP contribution in [0.1, 0.15) is 30.6 Å². The van der Waals surface area contributed by atoms with Crippen LogP contribution in [0.2, 0.25) is 0 Å². The molecular weight excluding hydrogens is 350 g/mol. The van der Waals surface area contributed by atoms with Crippen LogP contribution in [0.15, 0.2) is 35.1 Å². The van der Waals surface area contributed by atoms with E-state index in [1.165, 1.54) is 10.6 Å². The van der Waals surface area contributed by atoms with Crippen molar-refractivity contribution in [3.63, 3.8) is 0 Å². The largest absolute Gasteiger partial charge is 0.480 e. The number of carboxylic acids is 1. The van der Waals surface area contributed by atoms with Gasteiger partial charge in [-0.2, -0.15) is 0 Å². The molecule has 0 aliphatic rings. The van der Waals surface area contributed by atoms with Gasteiger partial charge in [0.25, 0.3) is 11.5 Å². The third kappa shape index (κ3) is 4.93. The van der Waals surface area contributed by atoms with Gasteiger partial charge in [0, 0.05) is 18.5 Å². The maximum Gasteiger partial charge on any atom is 0.326 e. The first-order valence-electron chi connectivity index (χ1n) is 8.59. The van der Waals surface area contributed by atoms with Crippen molar-refractivity contribution in [2.75, 3.05) is 6.54 Å². The molecule has 27 heavy (non-hydrogen) atoms. The van der Waals surface area contributed by atoms with Crippen molar-refractivity contribution in [3.8, 4) is 0 Å². The van der Waals surface area contributed by atoms with Crippen LogP contribution in [0.5, 0.6) is 0 Å². The highest BCUT2D eigenvalue weighted by molar-refractivity contribution is 6.07. The van der Waals surface area contributed by atoms with E-state index < -0.39 is 23.8 Å². The monoisotopic (exact) mass is 373 g/mol. The molecule has 2 aromatic rings. The minimum absolute atomic E-state index is 0.0906. The Kier molecular flexibility index (Phi) is 6.33. The van der Waals surface area contributed by atoms with Gasteiger partial charge in [0.2, 0.25) is 5.91 Å². The van der Waals surface area contributed by atoms with Crippen LogP contribution in [0.25, 0.3) is 10.9 Å². The lowest BCUT2D eigenvalue weighted by Crippen LogP contribution is -2.46. The normalized spacial score (nSPS) is 12.0. The first-order chi connectivity index (χ1) is 12.7. The van der Waals surface area contributed by atoms with Crippen molar-refractivity contribution in [1.82, 2.24) is 15.2 Å². The van der Waals surface area contributed by atoms with Gasteiger partial charge >= 0.3 is 5.97 Å². The topological polar surface area (TPSA) is 118 Å². The Balaban J connectivity index is 2.11. The molecule has 0 saturated carbocycles. The van der Waals surface area contributed by atoms with E-state index in [0.29, 0.717) is 10.9 Å². The van der Waals surface area contributed by atoms with Gasteiger partial charge in [-0.15, -0.1) is 0 Å². The van der Waals surface area contributed by atoms with Gasteiger partial charge in [0.15, 0.2) is 0 Å². The molecule has 0 fully saturated rings. The zero-order chi connectivity index (χ0) is 20.1. The Morgan fingerprint density at radius 3 is 2.48 bits per heavy atom. The minimum Gasteiger partial charge on any atom is -0.480 e. The van der Waals surface area contributed by atoms with Gasteiger partial charge < -0.3 is 20.3 Å². The number of pyridine rings is 1. The van der Waals surface area contributed by atoms with Crippen molar-refractivity contribution in [1.29, 1.82) is 0 Å². The number of aromatic nitrogens is 1. The zero-order valence-corrected chi connectivity index (χ0v) is 15.5. The molecule has 0 saturated heterocycles. The number of aliphatic carboxylic acids is 1. The predicted octanol–water partition coefficient (Wildman–Crippen LogP) is 0.884. The van der Waals surface area contributed by atoms with Crippen LogP contribution in [0, 0.1) is 5.92 Å². The Morgan fingerprint density at radius 2 is 1.85 bits per heavy atom. The molecule has 8 nitrogen and oxygen atoms in total. The summed E-state index contributed by atoms with van der Waals surface area (Å²) in [7, 11) is 1.61. The number of benzene rings is 1. The van der Waals surface area contributed by atoms with Crippen molar-refractivity contribution >= 4 is 28.7 Å². The molecule has 0 radical (unpaired) electrons. The number of rotatable bonds is 7. The van der Waals surface area contributed by atoms with Gasteiger partial charge in [-0.1, -0.05) is 32.0 Å². The number of carbonyl (C=O) groups excluding carboxylic acids is 2. The number of para-hydroxylation sites is 1. The number of carboxylic acid groups (broad SMARTS) is 1. The van der Waals surface area contributed by atoms with Gasteiger partial charge in [0.1, 0.15) is 6.04 Å².